The van der Waals surface area contributed by atoms with Gasteiger partial charge in [0.1, 0.15) is 5.78 Å². The number of carbonyl (C=O) groups is 1. The number of hydrogen-bond donors (Lipinski definition) is 0. The highest BCUT2D eigenvalue weighted by molar-refractivity contribution is 5.82. The quantitative estimate of drug-likeness (QED) is 0.759. The largest absolute Gasteiger partial charge is 0.299 e. The van der Waals surface area contributed by atoms with Gasteiger partial charge in [-0.2, -0.15) is 0 Å². The van der Waals surface area contributed by atoms with Crippen molar-refractivity contribution in [1.82, 2.24) is 4.90 Å². The molecule has 4 atom stereocenters. The van der Waals surface area contributed by atoms with E-state index >= 15 is 0 Å². The van der Waals surface area contributed by atoms with Crippen LogP contribution >= 0.6 is 0 Å². The highest BCUT2D eigenvalue weighted by Crippen LogP contribution is 2.39. The van der Waals surface area contributed by atoms with Crippen LogP contribution < -0.4 is 0 Å². The molecule has 3 rings (SSSR count). The molecule has 0 bridgehead atoms. The zero-order valence-electron chi connectivity index (χ0n) is 13.3. The first kappa shape index (κ1) is 14.6. The van der Waals surface area contributed by atoms with E-state index in [2.05, 4.69) is 18.7 Å². The Balaban J connectivity index is 1.70. The normalized spacial score (nSPS) is 43.9. The summed E-state index contributed by atoms with van der Waals surface area (Å²) in [6.07, 6.45) is 11.1. The van der Waals surface area contributed by atoms with Gasteiger partial charge in [-0.15, -0.1) is 0 Å². The van der Waals surface area contributed by atoms with E-state index in [4.69, 9.17) is 0 Å². The second kappa shape index (κ2) is 6.17. The third kappa shape index (κ3) is 2.95. The van der Waals surface area contributed by atoms with Gasteiger partial charge in [0.05, 0.1) is 0 Å². The molecule has 3 aliphatic rings. The molecule has 4 unspecified atom stereocenters. The van der Waals surface area contributed by atoms with Gasteiger partial charge >= 0.3 is 0 Å². The molecule has 0 spiro atoms. The van der Waals surface area contributed by atoms with E-state index in [1.54, 1.807) is 0 Å². The lowest BCUT2D eigenvalue weighted by Gasteiger charge is -2.42. The maximum atomic E-state index is 12.3. The fraction of sp³-hybridized carbons (Fsp3) is 0.944. The topological polar surface area (TPSA) is 20.3 Å². The minimum Gasteiger partial charge on any atom is -0.299 e. The monoisotopic (exact) mass is 277 g/mol. The lowest BCUT2D eigenvalue weighted by molar-refractivity contribution is -0.127. The highest BCUT2D eigenvalue weighted by Gasteiger charge is 2.41. The first-order valence-corrected chi connectivity index (χ1v) is 8.93. The van der Waals surface area contributed by atoms with E-state index in [-0.39, 0.29) is 0 Å². The van der Waals surface area contributed by atoms with Gasteiger partial charge in [-0.05, 0) is 63.3 Å². The summed E-state index contributed by atoms with van der Waals surface area (Å²) in [6.45, 7) is 6.08. The van der Waals surface area contributed by atoms with E-state index in [0.29, 0.717) is 17.7 Å². The van der Waals surface area contributed by atoms with Crippen LogP contribution in [0, 0.1) is 17.8 Å². The molecule has 0 aromatic carbocycles. The Morgan fingerprint density at radius 1 is 0.950 bits per heavy atom. The molecule has 114 valence electrons. The Kier molecular flexibility index (Phi) is 4.49. The minimum atomic E-state index is 0.374. The van der Waals surface area contributed by atoms with Crippen LogP contribution in [0.25, 0.3) is 0 Å². The first-order chi connectivity index (χ1) is 9.65. The van der Waals surface area contributed by atoms with Crippen LogP contribution in [-0.2, 0) is 4.79 Å². The molecule has 2 aliphatic carbocycles. The van der Waals surface area contributed by atoms with E-state index in [1.807, 2.05) is 0 Å². The van der Waals surface area contributed by atoms with Crippen molar-refractivity contribution in [3.8, 4) is 0 Å². The number of hydrogen-bond acceptors (Lipinski definition) is 2. The summed E-state index contributed by atoms with van der Waals surface area (Å²) in [5.41, 5.74) is 0. The van der Waals surface area contributed by atoms with Gasteiger partial charge in [0.2, 0.25) is 0 Å². The fourth-order valence-electron chi connectivity index (χ4n) is 5.29. The molecule has 3 fully saturated rings. The predicted octanol–water partition coefficient (Wildman–Crippen LogP) is 4.03. The van der Waals surface area contributed by atoms with Gasteiger partial charge in [-0.25, -0.2) is 0 Å². The molecule has 1 aliphatic heterocycles. The summed E-state index contributed by atoms with van der Waals surface area (Å²) in [5, 5.41) is 0. The number of rotatable bonds is 2. The minimum absolute atomic E-state index is 0.374. The number of nitrogens with zero attached hydrogens (tertiary/aromatic N) is 1. The zero-order chi connectivity index (χ0) is 14.1. The number of likely N-dealkylation sites (tertiary alicyclic amines) is 1. The molecular weight excluding hydrogens is 246 g/mol. The Bertz CT molecular complexity index is 343. The second-order valence-electron chi connectivity index (χ2n) is 7.84. The van der Waals surface area contributed by atoms with E-state index < -0.39 is 0 Å². The Labute approximate surface area is 124 Å². The van der Waals surface area contributed by atoms with Crippen molar-refractivity contribution < 1.29 is 4.79 Å². The molecule has 0 radical (unpaired) electrons. The molecule has 0 aromatic heterocycles. The predicted molar refractivity (Wildman–Crippen MR) is 82.7 cm³/mol. The van der Waals surface area contributed by atoms with E-state index in [9.17, 15) is 4.79 Å². The van der Waals surface area contributed by atoms with Gasteiger partial charge in [0, 0.05) is 24.4 Å². The maximum absolute atomic E-state index is 12.3. The molecular formula is C18H31NO. The third-order valence-electron chi connectivity index (χ3n) is 6.03. The first-order valence-electron chi connectivity index (χ1n) is 8.93. The third-order valence-corrected chi connectivity index (χ3v) is 6.03. The van der Waals surface area contributed by atoms with Crippen molar-refractivity contribution in [1.29, 1.82) is 0 Å². The summed E-state index contributed by atoms with van der Waals surface area (Å²) >= 11 is 0. The van der Waals surface area contributed by atoms with Crippen molar-refractivity contribution in [2.45, 2.75) is 83.7 Å². The molecule has 0 amide bonds. The average molecular weight is 277 g/mol. The Morgan fingerprint density at radius 3 is 2.40 bits per heavy atom. The van der Waals surface area contributed by atoms with Crippen molar-refractivity contribution in [2.75, 3.05) is 6.54 Å². The van der Waals surface area contributed by atoms with Gasteiger partial charge in [-0.1, -0.05) is 20.3 Å². The van der Waals surface area contributed by atoms with Crippen LogP contribution in [0.4, 0.5) is 0 Å². The molecule has 0 aromatic rings. The van der Waals surface area contributed by atoms with Crippen LogP contribution in [-0.4, -0.2) is 29.3 Å². The van der Waals surface area contributed by atoms with Crippen LogP contribution in [0.2, 0.25) is 0 Å². The zero-order valence-corrected chi connectivity index (χ0v) is 13.3. The van der Waals surface area contributed by atoms with Gasteiger partial charge in [-0.3, -0.25) is 9.69 Å². The number of ketones is 1. The molecule has 0 N–H and O–H groups in total. The summed E-state index contributed by atoms with van der Waals surface area (Å²) in [4.78, 5) is 15.1. The fourth-order valence-corrected chi connectivity index (χ4v) is 5.29. The molecule has 1 saturated heterocycles. The molecule has 1 heterocycles. The highest BCUT2D eigenvalue weighted by atomic mass is 16.1. The molecule has 20 heavy (non-hydrogen) atoms. The van der Waals surface area contributed by atoms with E-state index in [1.165, 1.54) is 45.1 Å². The number of Topliss-reactive ketones (excluding diaryl/α,β-unsaturated/α-hetero) is 1. The lowest BCUT2D eigenvalue weighted by Crippen LogP contribution is -2.48. The standard InChI is InChI=1S/C18H31NO/c1-13-10-14(2)12-15(11-13)19-9-5-7-17(19)16-6-3-4-8-18(16)20/h13-17H,3-12H2,1-2H3. The summed E-state index contributed by atoms with van der Waals surface area (Å²) in [6, 6.07) is 1.35. The maximum Gasteiger partial charge on any atom is 0.137 e. The van der Waals surface area contributed by atoms with Crippen molar-refractivity contribution >= 4 is 5.78 Å². The smallest absolute Gasteiger partial charge is 0.137 e. The number of carbonyl (C=O) groups excluding carboxylic acids is 1. The summed E-state index contributed by atoms with van der Waals surface area (Å²) in [7, 11) is 0. The van der Waals surface area contributed by atoms with Gasteiger partial charge in [0.25, 0.3) is 0 Å². The molecule has 2 heteroatoms. The average Bonchev–Trinajstić information content (AvgIpc) is 2.87. The molecule has 2 saturated carbocycles. The Morgan fingerprint density at radius 2 is 1.70 bits per heavy atom. The lowest BCUT2D eigenvalue weighted by atomic mass is 9.77. The van der Waals surface area contributed by atoms with Gasteiger partial charge in [0.15, 0.2) is 0 Å². The van der Waals surface area contributed by atoms with Crippen LogP contribution in [0.3, 0.4) is 0 Å². The van der Waals surface area contributed by atoms with Crippen LogP contribution in [0.1, 0.15) is 71.6 Å². The SMILES string of the molecule is CC1CC(C)CC(N2CCCC2C2CCCCC2=O)C1. The van der Waals surface area contributed by atoms with Crippen LogP contribution in [0.15, 0.2) is 0 Å². The van der Waals surface area contributed by atoms with Crippen molar-refractivity contribution in [2.24, 2.45) is 17.8 Å². The van der Waals surface area contributed by atoms with Gasteiger partial charge < -0.3 is 0 Å². The summed E-state index contributed by atoms with van der Waals surface area (Å²) in [5.74, 6) is 2.68. The summed E-state index contributed by atoms with van der Waals surface area (Å²) < 4.78 is 0. The second-order valence-corrected chi connectivity index (χ2v) is 7.84. The molecule has 2 nitrogen and oxygen atoms in total. The van der Waals surface area contributed by atoms with E-state index in [0.717, 1.165) is 37.1 Å². The van der Waals surface area contributed by atoms with Crippen molar-refractivity contribution in [3.05, 3.63) is 0 Å². The van der Waals surface area contributed by atoms with Crippen molar-refractivity contribution in [3.63, 3.8) is 0 Å². The van der Waals surface area contributed by atoms with Crippen LogP contribution in [0.5, 0.6) is 0 Å². The Hall–Kier alpha value is -0.370.